The van der Waals surface area contributed by atoms with Gasteiger partial charge in [-0.05, 0) is 23.8 Å². The first-order valence-corrected chi connectivity index (χ1v) is 8.62. The summed E-state index contributed by atoms with van der Waals surface area (Å²) in [4.78, 5) is 38.3. The molecule has 2 aromatic carbocycles. The highest BCUT2D eigenvalue weighted by Crippen LogP contribution is 2.34. The van der Waals surface area contributed by atoms with Crippen LogP contribution in [-0.4, -0.2) is 39.0 Å². The van der Waals surface area contributed by atoms with Crippen LogP contribution in [0.5, 0.6) is 11.5 Å². The van der Waals surface area contributed by atoms with E-state index in [9.17, 15) is 14.4 Å². The van der Waals surface area contributed by atoms with Crippen molar-refractivity contribution in [3.05, 3.63) is 53.6 Å². The predicted octanol–water partition coefficient (Wildman–Crippen LogP) is 1.15. The lowest BCUT2D eigenvalue weighted by Gasteiger charge is -2.13. The number of methoxy groups -OCH3 is 2. The summed E-state index contributed by atoms with van der Waals surface area (Å²) in [5.74, 6) is -0.895. The van der Waals surface area contributed by atoms with Crippen LogP contribution in [0.3, 0.4) is 0 Å². The van der Waals surface area contributed by atoms with Crippen LogP contribution in [-0.2, 0) is 20.9 Å². The Kier molecular flexibility index (Phi) is 5.49. The van der Waals surface area contributed by atoms with Crippen LogP contribution in [0.15, 0.2) is 42.5 Å². The highest BCUT2D eigenvalue weighted by molar-refractivity contribution is 6.35. The summed E-state index contributed by atoms with van der Waals surface area (Å²) in [5, 5.41) is 5.04. The molecule has 146 valence electrons. The molecule has 0 fully saturated rings. The molecule has 0 bridgehead atoms. The summed E-state index contributed by atoms with van der Waals surface area (Å²) < 4.78 is 10.4. The average molecular weight is 383 g/mol. The van der Waals surface area contributed by atoms with Gasteiger partial charge in [-0.3, -0.25) is 14.4 Å². The monoisotopic (exact) mass is 383 g/mol. The van der Waals surface area contributed by atoms with E-state index >= 15 is 0 Å². The summed E-state index contributed by atoms with van der Waals surface area (Å²) in [6.07, 6.45) is 0. The maximum atomic E-state index is 12.4. The molecule has 0 unspecified atom stereocenters. The maximum absolute atomic E-state index is 12.4. The van der Waals surface area contributed by atoms with E-state index in [0.29, 0.717) is 22.7 Å². The zero-order valence-electron chi connectivity index (χ0n) is 15.8. The molecule has 28 heavy (non-hydrogen) atoms. The molecule has 1 aliphatic heterocycles. The Morgan fingerprint density at radius 1 is 1.04 bits per heavy atom. The van der Waals surface area contributed by atoms with Crippen molar-refractivity contribution in [2.75, 3.05) is 26.2 Å². The Balaban J connectivity index is 1.63. The number of anilines is 1. The summed E-state index contributed by atoms with van der Waals surface area (Å²) in [7, 11) is 4.68. The highest BCUT2D eigenvalue weighted by Gasteiger charge is 2.36. The van der Waals surface area contributed by atoms with Crippen molar-refractivity contribution in [3.63, 3.8) is 0 Å². The smallest absolute Gasteiger partial charge is 0.310 e. The van der Waals surface area contributed by atoms with Gasteiger partial charge in [0.1, 0.15) is 6.04 Å². The Bertz CT molecular complexity index is 928. The van der Waals surface area contributed by atoms with Gasteiger partial charge in [-0.2, -0.15) is 0 Å². The minimum atomic E-state index is -0.875. The van der Waals surface area contributed by atoms with Crippen molar-refractivity contribution in [2.24, 2.45) is 0 Å². The minimum absolute atomic E-state index is 0.127. The molecule has 1 aliphatic rings. The van der Waals surface area contributed by atoms with Gasteiger partial charge in [0.2, 0.25) is 0 Å². The van der Waals surface area contributed by atoms with E-state index in [2.05, 4.69) is 10.6 Å². The number of carbonyl (C=O) groups is 3. The number of para-hydroxylation sites is 1. The van der Waals surface area contributed by atoms with E-state index in [1.54, 1.807) is 43.4 Å². The Morgan fingerprint density at radius 3 is 2.46 bits per heavy atom. The van der Waals surface area contributed by atoms with E-state index in [1.807, 2.05) is 6.07 Å². The second-order valence-electron chi connectivity index (χ2n) is 6.23. The van der Waals surface area contributed by atoms with Crippen LogP contribution < -0.4 is 25.0 Å². The fourth-order valence-corrected chi connectivity index (χ4v) is 3.07. The Labute approximate surface area is 162 Å². The first-order valence-electron chi connectivity index (χ1n) is 8.62. The Hall–Kier alpha value is -3.55. The van der Waals surface area contributed by atoms with E-state index < -0.39 is 17.9 Å². The van der Waals surface area contributed by atoms with E-state index in [0.717, 1.165) is 5.56 Å². The molecule has 0 spiro atoms. The van der Waals surface area contributed by atoms with Gasteiger partial charge in [0.05, 0.1) is 14.2 Å². The molecule has 0 radical (unpaired) electrons. The van der Waals surface area contributed by atoms with Crippen LogP contribution in [0.4, 0.5) is 5.69 Å². The van der Waals surface area contributed by atoms with Crippen LogP contribution in [0.2, 0.25) is 0 Å². The molecule has 1 atom stereocenters. The maximum Gasteiger partial charge on any atom is 0.310 e. The van der Waals surface area contributed by atoms with Crippen LogP contribution in [0, 0.1) is 0 Å². The summed E-state index contributed by atoms with van der Waals surface area (Å²) in [5.41, 5.74) is 2.11. The van der Waals surface area contributed by atoms with Gasteiger partial charge in [-0.1, -0.05) is 24.3 Å². The third-order valence-electron chi connectivity index (χ3n) is 4.57. The van der Waals surface area contributed by atoms with Crippen molar-refractivity contribution in [1.82, 2.24) is 10.6 Å². The molecule has 0 saturated heterocycles. The molecule has 3 rings (SSSR count). The molecule has 3 amide bonds. The van der Waals surface area contributed by atoms with Gasteiger partial charge in [-0.15, -0.1) is 0 Å². The van der Waals surface area contributed by atoms with Gasteiger partial charge in [0.25, 0.3) is 5.91 Å². The molecular formula is C20H21N3O5. The van der Waals surface area contributed by atoms with Crippen LogP contribution in [0.25, 0.3) is 0 Å². The number of hydrogen-bond acceptors (Lipinski definition) is 5. The third kappa shape index (κ3) is 3.62. The Morgan fingerprint density at radius 2 is 1.75 bits per heavy atom. The standard InChI is InChI=1S/C20H21N3O5/c1-23-14-7-5-4-6-13(14)17(20(23)26)22-19(25)18(24)21-11-12-8-9-15(27-2)16(10-12)28-3/h4-10,17H,11H2,1-3H3,(H,21,24)(H,22,25)/t17-/m1/s1. The number of carbonyl (C=O) groups excluding carboxylic acids is 3. The number of benzene rings is 2. The molecule has 1 heterocycles. The molecule has 0 saturated carbocycles. The van der Waals surface area contributed by atoms with E-state index in [4.69, 9.17) is 9.47 Å². The van der Waals surface area contributed by atoms with Gasteiger partial charge in [-0.25, -0.2) is 0 Å². The van der Waals surface area contributed by atoms with Crippen molar-refractivity contribution < 1.29 is 23.9 Å². The number of nitrogens with one attached hydrogen (secondary N) is 2. The van der Waals surface area contributed by atoms with Gasteiger partial charge in [0, 0.05) is 24.8 Å². The van der Waals surface area contributed by atoms with Crippen LogP contribution in [0.1, 0.15) is 17.2 Å². The lowest BCUT2D eigenvalue weighted by molar-refractivity contribution is -0.140. The molecule has 0 aliphatic carbocycles. The molecule has 8 heteroatoms. The summed E-state index contributed by atoms with van der Waals surface area (Å²) >= 11 is 0. The summed E-state index contributed by atoms with van der Waals surface area (Å²) in [6, 6.07) is 11.4. The number of hydrogen-bond donors (Lipinski definition) is 2. The molecular weight excluding hydrogens is 362 g/mol. The second kappa shape index (κ2) is 7.99. The zero-order chi connectivity index (χ0) is 20.3. The number of ether oxygens (including phenoxy) is 2. The van der Waals surface area contributed by atoms with Gasteiger partial charge >= 0.3 is 11.8 Å². The number of fused-ring (bicyclic) bond motifs is 1. The van der Waals surface area contributed by atoms with Gasteiger partial charge < -0.3 is 25.0 Å². The number of nitrogens with zero attached hydrogens (tertiary/aromatic N) is 1. The molecule has 8 nitrogen and oxygen atoms in total. The van der Waals surface area contributed by atoms with Crippen molar-refractivity contribution >= 4 is 23.4 Å². The largest absolute Gasteiger partial charge is 0.493 e. The highest BCUT2D eigenvalue weighted by atomic mass is 16.5. The topological polar surface area (TPSA) is 97.0 Å². The fraction of sp³-hybridized carbons (Fsp3) is 0.250. The minimum Gasteiger partial charge on any atom is -0.493 e. The SMILES string of the molecule is COc1ccc(CNC(=O)C(=O)N[C@H]2C(=O)N(C)c3ccccc32)cc1OC. The van der Waals surface area contributed by atoms with E-state index in [-0.39, 0.29) is 12.5 Å². The number of amides is 3. The quantitative estimate of drug-likeness (QED) is 0.755. The van der Waals surface area contributed by atoms with Crippen molar-refractivity contribution in [3.8, 4) is 11.5 Å². The van der Waals surface area contributed by atoms with Crippen LogP contribution >= 0.6 is 0 Å². The first kappa shape index (κ1) is 19.2. The molecule has 2 N–H and O–H groups in total. The lowest BCUT2D eigenvalue weighted by Crippen LogP contribution is -2.43. The third-order valence-corrected chi connectivity index (χ3v) is 4.57. The second-order valence-corrected chi connectivity index (χ2v) is 6.23. The number of likely N-dealkylation sites (N-methyl/N-ethyl adjacent to an activating group) is 1. The lowest BCUT2D eigenvalue weighted by atomic mass is 10.1. The van der Waals surface area contributed by atoms with Gasteiger partial charge in [0.15, 0.2) is 11.5 Å². The zero-order valence-corrected chi connectivity index (χ0v) is 15.8. The summed E-state index contributed by atoms with van der Waals surface area (Å²) in [6.45, 7) is 0.127. The average Bonchev–Trinajstić information content (AvgIpc) is 2.96. The first-order chi connectivity index (χ1) is 13.5. The molecule has 0 aromatic heterocycles. The van der Waals surface area contributed by atoms with E-state index in [1.165, 1.54) is 19.1 Å². The fourth-order valence-electron chi connectivity index (χ4n) is 3.07. The number of rotatable bonds is 5. The predicted molar refractivity (Wildman–Crippen MR) is 102 cm³/mol. The molecule has 2 aromatic rings. The van der Waals surface area contributed by atoms with Crippen molar-refractivity contribution in [1.29, 1.82) is 0 Å². The van der Waals surface area contributed by atoms with Crippen molar-refractivity contribution in [2.45, 2.75) is 12.6 Å². The normalized spacial score (nSPS) is 15.0.